The van der Waals surface area contributed by atoms with Crippen LogP contribution in [0.25, 0.3) is 0 Å². The zero-order valence-corrected chi connectivity index (χ0v) is 7.65. The van der Waals surface area contributed by atoms with E-state index in [9.17, 15) is 8.76 Å². The molecule has 6 heteroatoms. The Morgan fingerprint density at radius 2 is 2.44 bits per heavy atom. The van der Waals surface area contributed by atoms with Crippen molar-refractivity contribution in [1.82, 2.24) is 8.85 Å². The maximum atomic E-state index is 10.1. The zero-order chi connectivity index (χ0) is 7.28. The van der Waals surface area contributed by atoms with Crippen molar-refractivity contribution in [2.75, 3.05) is 7.05 Å². The van der Waals surface area contributed by atoms with Crippen LogP contribution < -0.4 is 8.85 Å². The molecule has 0 aliphatic rings. The lowest BCUT2D eigenvalue weighted by atomic mass is 10.9. The van der Waals surface area contributed by atoms with Crippen molar-refractivity contribution >= 4 is 33.9 Å². The fourth-order valence-corrected chi connectivity index (χ4v) is 1.21. The number of nitrogens with one attached hydrogen (secondary N) is 2. The van der Waals surface area contributed by atoms with Gasteiger partial charge >= 0.3 is 0 Å². The molecule has 1 unspecified atom stereocenters. The predicted molar refractivity (Wildman–Crippen MR) is 43.2 cm³/mol. The Morgan fingerprint density at radius 3 is 2.56 bits per heavy atom. The maximum Gasteiger partial charge on any atom is 0.110 e. The molecule has 9 heavy (non-hydrogen) atoms. The minimum Gasteiger partial charge on any atom is -0.767 e. The predicted octanol–water partition coefficient (Wildman–Crippen LogP) is -0.177. The van der Waals surface area contributed by atoms with E-state index in [1.54, 1.807) is 29.9 Å². The molecule has 0 aromatic rings. The van der Waals surface area contributed by atoms with Crippen LogP contribution in [0.2, 0.25) is 0 Å². The highest BCUT2D eigenvalue weighted by Crippen LogP contribution is 1.93. The van der Waals surface area contributed by atoms with Crippen LogP contribution in [0.15, 0.2) is 11.2 Å². The summed E-state index contributed by atoms with van der Waals surface area (Å²) in [6, 6.07) is 0. The molecule has 0 radical (unpaired) electrons. The van der Waals surface area contributed by atoms with Crippen molar-refractivity contribution < 1.29 is 8.76 Å². The molecule has 54 valence electrons. The van der Waals surface area contributed by atoms with Gasteiger partial charge < -0.3 is 13.4 Å². The van der Waals surface area contributed by atoms with Gasteiger partial charge in [0.15, 0.2) is 0 Å². The molecule has 0 saturated carbocycles. The SMILES string of the molecule is CN/C=C(\NI)S(=O)[O-]. The van der Waals surface area contributed by atoms with Crippen LogP contribution in [-0.2, 0) is 11.1 Å². The number of hydrogen-bond acceptors (Lipinski definition) is 4. The molecule has 1 atom stereocenters. The highest BCUT2D eigenvalue weighted by atomic mass is 127. The lowest BCUT2D eigenvalue weighted by molar-refractivity contribution is 0.542. The Labute approximate surface area is 69.9 Å². The molecule has 0 rings (SSSR count). The fraction of sp³-hybridized carbons (Fsp3) is 0.333. The summed E-state index contributed by atoms with van der Waals surface area (Å²) in [7, 11) is 1.63. The van der Waals surface area contributed by atoms with Crippen LogP contribution in [0.5, 0.6) is 0 Å². The van der Waals surface area contributed by atoms with Crippen LogP contribution >= 0.6 is 22.9 Å². The van der Waals surface area contributed by atoms with Gasteiger partial charge in [-0.15, -0.1) is 0 Å². The zero-order valence-electron chi connectivity index (χ0n) is 4.68. The quantitative estimate of drug-likeness (QED) is 0.420. The molecule has 0 spiro atoms. The van der Waals surface area contributed by atoms with E-state index in [1.807, 2.05) is 0 Å². The molecular weight excluding hydrogens is 255 g/mol. The van der Waals surface area contributed by atoms with Crippen LogP contribution in [0.1, 0.15) is 0 Å². The van der Waals surface area contributed by atoms with E-state index in [2.05, 4.69) is 8.85 Å². The van der Waals surface area contributed by atoms with Gasteiger partial charge in [-0.2, -0.15) is 0 Å². The third kappa shape index (κ3) is 3.71. The normalized spacial score (nSPS) is 14.8. The lowest BCUT2D eigenvalue weighted by Gasteiger charge is -2.06. The first kappa shape index (κ1) is 9.18. The first-order chi connectivity index (χ1) is 4.22. The summed E-state index contributed by atoms with van der Waals surface area (Å²) >= 11 is -0.437. The summed E-state index contributed by atoms with van der Waals surface area (Å²) in [6.07, 6.45) is 1.36. The smallest absolute Gasteiger partial charge is 0.110 e. The summed E-state index contributed by atoms with van der Waals surface area (Å²) in [5, 5.41) is 2.71. The van der Waals surface area contributed by atoms with Gasteiger partial charge in [-0.1, -0.05) is 0 Å². The second-order valence-electron chi connectivity index (χ2n) is 1.13. The molecule has 2 N–H and O–H groups in total. The van der Waals surface area contributed by atoms with E-state index >= 15 is 0 Å². The van der Waals surface area contributed by atoms with Crippen molar-refractivity contribution in [3.8, 4) is 0 Å². The Balaban J connectivity index is 3.98. The first-order valence-corrected chi connectivity index (χ1v) is 4.21. The van der Waals surface area contributed by atoms with Gasteiger partial charge in [0.1, 0.15) is 5.03 Å². The van der Waals surface area contributed by atoms with Gasteiger partial charge in [0.05, 0.1) is 22.9 Å². The Morgan fingerprint density at radius 1 is 1.89 bits per heavy atom. The third-order valence-corrected chi connectivity index (χ3v) is 2.07. The molecule has 0 heterocycles. The molecule has 0 aliphatic carbocycles. The van der Waals surface area contributed by atoms with Crippen molar-refractivity contribution in [2.45, 2.75) is 0 Å². The molecule has 4 nitrogen and oxygen atoms in total. The Kier molecular flexibility index (Phi) is 5.10. The second kappa shape index (κ2) is 5.00. The molecule has 0 fully saturated rings. The van der Waals surface area contributed by atoms with E-state index in [-0.39, 0.29) is 5.03 Å². The van der Waals surface area contributed by atoms with Crippen LogP contribution in [-0.4, -0.2) is 15.8 Å². The lowest BCUT2D eigenvalue weighted by Crippen LogP contribution is -2.09. The summed E-state index contributed by atoms with van der Waals surface area (Å²) in [6.45, 7) is 0. The van der Waals surface area contributed by atoms with Gasteiger partial charge in [0.2, 0.25) is 0 Å². The van der Waals surface area contributed by atoms with Gasteiger partial charge in [-0.3, -0.25) is 4.21 Å². The average molecular weight is 261 g/mol. The molecule has 0 saturated heterocycles. The fourth-order valence-electron chi connectivity index (χ4n) is 0.238. The Bertz CT molecular complexity index is 138. The average Bonchev–Trinajstić information content (AvgIpc) is 1.82. The molecule has 0 aromatic carbocycles. The maximum absolute atomic E-state index is 10.1. The standard InChI is InChI=1S/C3H7IN2O2S/c1-5-2-3(6-4)9(7)8/h2,5-6H,1H3,(H,7,8)/p-1/b3-2+. The number of hydrogen-bond donors (Lipinski definition) is 2. The number of halogens is 1. The summed E-state index contributed by atoms with van der Waals surface area (Å²) in [4.78, 5) is 0. The van der Waals surface area contributed by atoms with E-state index in [4.69, 9.17) is 0 Å². The molecular formula is C3H6IN2O2S-. The summed E-state index contributed by atoms with van der Waals surface area (Å²) in [5.41, 5.74) is 0. The highest BCUT2D eigenvalue weighted by molar-refractivity contribution is 14.1. The van der Waals surface area contributed by atoms with E-state index in [0.29, 0.717) is 0 Å². The number of rotatable bonds is 3. The van der Waals surface area contributed by atoms with Gasteiger partial charge in [-0.25, -0.2) is 0 Å². The van der Waals surface area contributed by atoms with Gasteiger partial charge in [0.25, 0.3) is 0 Å². The second-order valence-corrected chi connectivity index (χ2v) is 2.58. The van der Waals surface area contributed by atoms with Gasteiger partial charge in [-0.05, 0) is 11.1 Å². The van der Waals surface area contributed by atoms with Crippen LogP contribution in [0.3, 0.4) is 0 Å². The monoisotopic (exact) mass is 261 g/mol. The molecule has 0 bridgehead atoms. The van der Waals surface area contributed by atoms with E-state index in [0.717, 1.165) is 0 Å². The van der Waals surface area contributed by atoms with Gasteiger partial charge in [0, 0.05) is 13.2 Å². The third-order valence-electron chi connectivity index (χ3n) is 0.548. The minimum atomic E-state index is -2.17. The van der Waals surface area contributed by atoms with Crippen molar-refractivity contribution in [3.05, 3.63) is 11.2 Å². The van der Waals surface area contributed by atoms with Crippen LogP contribution in [0, 0.1) is 0 Å². The molecule has 0 amide bonds. The summed E-state index contributed by atoms with van der Waals surface area (Å²) < 4.78 is 22.7. The summed E-state index contributed by atoms with van der Waals surface area (Å²) in [5.74, 6) is 0. The largest absolute Gasteiger partial charge is 0.767 e. The highest BCUT2D eigenvalue weighted by Gasteiger charge is 1.89. The van der Waals surface area contributed by atoms with E-state index < -0.39 is 11.1 Å². The minimum absolute atomic E-state index is 0.137. The Hall–Kier alpha value is 0.180. The van der Waals surface area contributed by atoms with E-state index in [1.165, 1.54) is 6.20 Å². The molecule has 0 aliphatic heterocycles. The van der Waals surface area contributed by atoms with Crippen molar-refractivity contribution in [3.63, 3.8) is 0 Å². The topological polar surface area (TPSA) is 64.2 Å². The van der Waals surface area contributed by atoms with Crippen LogP contribution in [0.4, 0.5) is 0 Å². The molecule has 0 aromatic heterocycles. The van der Waals surface area contributed by atoms with Crippen molar-refractivity contribution in [1.29, 1.82) is 0 Å². The first-order valence-electron chi connectivity index (χ1n) is 2.05. The van der Waals surface area contributed by atoms with Crippen molar-refractivity contribution in [2.24, 2.45) is 0 Å².